The molecule has 0 saturated carbocycles. The Labute approximate surface area is 107 Å². The maximum absolute atomic E-state index is 11.9. The van der Waals surface area contributed by atoms with E-state index in [-0.39, 0.29) is 5.91 Å². The molecule has 0 heterocycles. The number of nitrogens with one attached hydrogen (secondary N) is 1. The Hall–Kier alpha value is -2.10. The highest BCUT2D eigenvalue weighted by Crippen LogP contribution is 2.02. The van der Waals surface area contributed by atoms with E-state index in [0.29, 0.717) is 12.0 Å². The first-order chi connectivity index (χ1) is 8.50. The molecule has 4 nitrogen and oxygen atoms in total. The highest BCUT2D eigenvalue weighted by Gasteiger charge is 2.17. The first-order valence-corrected chi connectivity index (χ1v) is 5.79. The monoisotopic (exact) mass is 246 g/mol. The topological polar surface area (TPSA) is 72.2 Å². The highest BCUT2D eigenvalue weighted by atomic mass is 16.2. The number of hydrogen-bond acceptors (Lipinski definition) is 2. The zero-order valence-electron chi connectivity index (χ0n) is 10.6. The van der Waals surface area contributed by atoms with Gasteiger partial charge in [0, 0.05) is 5.56 Å². The van der Waals surface area contributed by atoms with Crippen LogP contribution in [0.2, 0.25) is 0 Å². The molecule has 0 aliphatic rings. The number of carbonyl (C=O) groups is 2. The second kappa shape index (κ2) is 6.59. The van der Waals surface area contributed by atoms with Gasteiger partial charge in [-0.1, -0.05) is 29.8 Å². The summed E-state index contributed by atoms with van der Waals surface area (Å²) in [5, 5.41) is 2.63. The molecule has 0 bridgehead atoms. The van der Waals surface area contributed by atoms with Gasteiger partial charge in [0.15, 0.2) is 0 Å². The molecule has 1 rings (SSSR count). The van der Waals surface area contributed by atoms with Crippen LogP contribution in [0.4, 0.5) is 0 Å². The number of rotatable bonds is 5. The fraction of sp³-hybridized carbons (Fsp3) is 0.286. The number of allylic oxidation sites excluding steroid dienone is 1. The van der Waals surface area contributed by atoms with Crippen LogP contribution in [-0.2, 0) is 4.79 Å². The zero-order valence-corrected chi connectivity index (χ0v) is 10.6. The molecule has 3 N–H and O–H groups in total. The molecule has 0 saturated heterocycles. The molecule has 0 unspecified atom stereocenters. The second-order valence-electron chi connectivity index (χ2n) is 4.31. The molecule has 1 aromatic rings. The normalized spacial score (nSPS) is 11.4. The summed E-state index contributed by atoms with van der Waals surface area (Å²) >= 11 is 0. The molecule has 4 heteroatoms. The summed E-state index contributed by atoms with van der Waals surface area (Å²) < 4.78 is 0. The van der Waals surface area contributed by atoms with Crippen LogP contribution in [0.25, 0.3) is 0 Å². The predicted molar refractivity (Wildman–Crippen MR) is 70.9 cm³/mol. The molecular weight excluding hydrogens is 228 g/mol. The summed E-state index contributed by atoms with van der Waals surface area (Å²) in [5.74, 6) is -0.821. The van der Waals surface area contributed by atoms with E-state index in [1.807, 2.05) is 26.0 Å². The van der Waals surface area contributed by atoms with Crippen LogP contribution in [0.1, 0.15) is 30.6 Å². The van der Waals surface area contributed by atoms with Crippen LogP contribution in [0, 0.1) is 0 Å². The molecule has 18 heavy (non-hydrogen) atoms. The maximum Gasteiger partial charge on any atom is 0.251 e. The molecular formula is C14H18N2O2. The molecule has 96 valence electrons. The predicted octanol–water partition coefficient (Wildman–Crippen LogP) is 1.63. The van der Waals surface area contributed by atoms with Gasteiger partial charge in [-0.05, 0) is 32.4 Å². The smallest absolute Gasteiger partial charge is 0.251 e. The third-order valence-electron chi connectivity index (χ3n) is 2.45. The Morgan fingerprint density at radius 2 is 1.89 bits per heavy atom. The molecule has 2 amide bonds. The van der Waals surface area contributed by atoms with Gasteiger partial charge in [-0.25, -0.2) is 0 Å². The Bertz CT molecular complexity index is 448. The minimum Gasteiger partial charge on any atom is -0.368 e. The van der Waals surface area contributed by atoms with Gasteiger partial charge < -0.3 is 11.1 Å². The van der Waals surface area contributed by atoms with Gasteiger partial charge in [0.1, 0.15) is 6.04 Å². The number of nitrogens with two attached hydrogens (primary N) is 1. The van der Waals surface area contributed by atoms with Crippen molar-refractivity contribution in [3.05, 3.63) is 47.5 Å². The lowest BCUT2D eigenvalue weighted by molar-refractivity contribution is -0.119. The molecule has 0 aliphatic carbocycles. The Kier molecular flexibility index (Phi) is 5.11. The van der Waals surface area contributed by atoms with Gasteiger partial charge in [-0.2, -0.15) is 0 Å². The van der Waals surface area contributed by atoms with Crippen molar-refractivity contribution in [3.8, 4) is 0 Å². The highest BCUT2D eigenvalue weighted by molar-refractivity contribution is 5.97. The van der Waals surface area contributed by atoms with E-state index >= 15 is 0 Å². The molecule has 0 radical (unpaired) electrons. The minimum atomic E-state index is -0.674. The maximum atomic E-state index is 11.9. The van der Waals surface area contributed by atoms with Crippen LogP contribution < -0.4 is 11.1 Å². The fourth-order valence-corrected chi connectivity index (χ4v) is 1.43. The van der Waals surface area contributed by atoms with Gasteiger partial charge in [0.25, 0.3) is 5.91 Å². The summed E-state index contributed by atoms with van der Waals surface area (Å²) in [6.07, 6.45) is 2.29. The van der Waals surface area contributed by atoms with Crippen molar-refractivity contribution in [2.75, 3.05) is 0 Å². The molecule has 0 aromatic heterocycles. The van der Waals surface area contributed by atoms with Gasteiger partial charge in [-0.15, -0.1) is 0 Å². The van der Waals surface area contributed by atoms with E-state index in [2.05, 4.69) is 5.32 Å². The third-order valence-corrected chi connectivity index (χ3v) is 2.45. The summed E-state index contributed by atoms with van der Waals surface area (Å²) in [6.45, 7) is 3.86. The summed E-state index contributed by atoms with van der Waals surface area (Å²) in [7, 11) is 0. The number of benzene rings is 1. The first kappa shape index (κ1) is 14.0. The van der Waals surface area contributed by atoms with Crippen LogP contribution in [0.15, 0.2) is 42.0 Å². The van der Waals surface area contributed by atoms with E-state index in [0.717, 1.165) is 5.57 Å². The average Bonchev–Trinajstić information content (AvgIpc) is 2.34. The van der Waals surface area contributed by atoms with Crippen molar-refractivity contribution in [2.24, 2.45) is 5.73 Å². The van der Waals surface area contributed by atoms with Crippen LogP contribution in [-0.4, -0.2) is 17.9 Å². The van der Waals surface area contributed by atoms with Crippen molar-refractivity contribution in [1.29, 1.82) is 0 Å². The lowest BCUT2D eigenvalue weighted by atomic mass is 10.1. The summed E-state index contributed by atoms with van der Waals surface area (Å²) in [4.78, 5) is 23.1. The number of carbonyl (C=O) groups excluding carboxylic acids is 2. The van der Waals surface area contributed by atoms with Gasteiger partial charge in [-0.3, -0.25) is 9.59 Å². The van der Waals surface area contributed by atoms with E-state index in [1.165, 1.54) is 0 Å². The summed E-state index contributed by atoms with van der Waals surface area (Å²) in [5.41, 5.74) is 6.86. The van der Waals surface area contributed by atoms with E-state index < -0.39 is 11.9 Å². The van der Waals surface area contributed by atoms with Gasteiger partial charge >= 0.3 is 0 Å². The summed E-state index contributed by atoms with van der Waals surface area (Å²) in [6, 6.07) is 8.07. The average molecular weight is 246 g/mol. The van der Waals surface area contributed by atoms with Crippen LogP contribution in [0.3, 0.4) is 0 Å². The Balaban J connectivity index is 2.70. The van der Waals surface area contributed by atoms with Crippen molar-refractivity contribution < 1.29 is 9.59 Å². The Morgan fingerprint density at radius 1 is 1.28 bits per heavy atom. The fourth-order valence-electron chi connectivity index (χ4n) is 1.43. The number of hydrogen-bond donors (Lipinski definition) is 2. The minimum absolute atomic E-state index is 0.290. The number of primary amides is 1. The molecule has 0 aliphatic heterocycles. The Morgan fingerprint density at radius 3 is 2.39 bits per heavy atom. The van der Waals surface area contributed by atoms with Crippen molar-refractivity contribution in [3.63, 3.8) is 0 Å². The zero-order chi connectivity index (χ0) is 13.5. The third kappa shape index (κ3) is 4.41. The SMILES string of the molecule is CC(C)=CC[C@H](NC(=O)c1ccccc1)C(N)=O. The first-order valence-electron chi connectivity index (χ1n) is 5.79. The van der Waals surface area contributed by atoms with Crippen LogP contribution in [0.5, 0.6) is 0 Å². The second-order valence-corrected chi connectivity index (χ2v) is 4.31. The molecule has 0 fully saturated rings. The van der Waals surface area contributed by atoms with Crippen molar-refractivity contribution >= 4 is 11.8 Å². The number of amides is 2. The van der Waals surface area contributed by atoms with Crippen LogP contribution >= 0.6 is 0 Å². The van der Waals surface area contributed by atoms with Gasteiger partial charge in [0.05, 0.1) is 0 Å². The molecule has 0 spiro atoms. The van der Waals surface area contributed by atoms with Crippen molar-refractivity contribution in [1.82, 2.24) is 5.32 Å². The molecule has 1 aromatic carbocycles. The lowest BCUT2D eigenvalue weighted by Crippen LogP contribution is -2.44. The van der Waals surface area contributed by atoms with E-state index in [4.69, 9.17) is 5.73 Å². The van der Waals surface area contributed by atoms with E-state index in [9.17, 15) is 9.59 Å². The lowest BCUT2D eigenvalue weighted by Gasteiger charge is -2.13. The van der Waals surface area contributed by atoms with Crippen molar-refractivity contribution in [2.45, 2.75) is 26.3 Å². The standard InChI is InChI=1S/C14H18N2O2/c1-10(2)8-9-12(13(15)17)16-14(18)11-6-4-3-5-7-11/h3-8,12H,9H2,1-2H3,(H2,15,17)(H,16,18)/t12-/m0/s1. The van der Waals surface area contributed by atoms with E-state index in [1.54, 1.807) is 24.3 Å². The quantitative estimate of drug-likeness (QED) is 0.775. The largest absolute Gasteiger partial charge is 0.368 e. The van der Waals surface area contributed by atoms with Gasteiger partial charge in [0.2, 0.25) is 5.91 Å². The molecule has 1 atom stereocenters.